The molecule has 1 amide bonds. The zero-order valence-electron chi connectivity index (χ0n) is 12.3. The molecule has 0 saturated heterocycles. The van der Waals surface area contributed by atoms with Gasteiger partial charge in [0.15, 0.2) is 0 Å². The smallest absolute Gasteiger partial charge is 0.228 e. The lowest BCUT2D eigenvalue weighted by molar-refractivity contribution is -0.115. The van der Waals surface area contributed by atoms with Crippen molar-refractivity contribution >= 4 is 11.6 Å². The SMILES string of the molecule is Cc1ccc(CC(=O)Nc2ccc(-c3cnc[nH]3)cc2)cc1. The number of nitrogens with zero attached hydrogens (tertiary/aromatic N) is 1. The van der Waals surface area contributed by atoms with Crippen molar-refractivity contribution in [1.29, 1.82) is 0 Å². The molecule has 22 heavy (non-hydrogen) atoms. The van der Waals surface area contributed by atoms with Crippen LogP contribution in [0, 0.1) is 6.92 Å². The van der Waals surface area contributed by atoms with Gasteiger partial charge in [0.05, 0.1) is 24.6 Å². The number of carbonyl (C=O) groups is 1. The molecule has 0 spiro atoms. The largest absolute Gasteiger partial charge is 0.345 e. The maximum absolute atomic E-state index is 12.1. The van der Waals surface area contributed by atoms with Gasteiger partial charge in [-0.15, -0.1) is 0 Å². The summed E-state index contributed by atoms with van der Waals surface area (Å²) in [7, 11) is 0. The number of aromatic amines is 1. The third-order valence-electron chi connectivity index (χ3n) is 3.46. The Bertz CT molecular complexity index is 744. The Balaban J connectivity index is 1.63. The van der Waals surface area contributed by atoms with Gasteiger partial charge >= 0.3 is 0 Å². The number of hydrogen-bond donors (Lipinski definition) is 2. The molecule has 0 fully saturated rings. The van der Waals surface area contributed by atoms with Crippen LogP contribution < -0.4 is 5.32 Å². The first-order chi connectivity index (χ1) is 10.7. The van der Waals surface area contributed by atoms with E-state index in [2.05, 4.69) is 15.3 Å². The van der Waals surface area contributed by atoms with Crippen molar-refractivity contribution in [1.82, 2.24) is 9.97 Å². The van der Waals surface area contributed by atoms with Crippen LogP contribution in [0.3, 0.4) is 0 Å². The zero-order chi connectivity index (χ0) is 15.4. The predicted molar refractivity (Wildman–Crippen MR) is 87.5 cm³/mol. The first kappa shape index (κ1) is 14.1. The minimum Gasteiger partial charge on any atom is -0.345 e. The number of anilines is 1. The van der Waals surface area contributed by atoms with Crippen molar-refractivity contribution < 1.29 is 4.79 Å². The monoisotopic (exact) mass is 291 g/mol. The van der Waals surface area contributed by atoms with Crippen LogP contribution in [-0.2, 0) is 11.2 Å². The van der Waals surface area contributed by atoms with Crippen molar-refractivity contribution in [3.05, 3.63) is 72.2 Å². The van der Waals surface area contributed by atoms with Gasteiger partial charge in [-0.05, 0) is 30.2 Å². The number of aromatic nitrogens is 2. The fraction of sp³-hybridized carbons (Fsp3) is 0.111. The van der Waals surface area contributed by atoms with Gasteiger partial charge in [-0.2, -0.15) is 0 Å². The number of nitrogens with one attached hydrogen (secondary N) is 2. The van der Waals surface area contributed by atoms with Gasteiger partial charge in [0.1, 0.15) is 0 Å². The molecule has 4 nitrogen and oxygen atoms in total. The highest BCUT2D eigenvalue weighted by atomic mass is 16.1. The topological polar surface area (TPSA) is 57.8 Å². The van der Waals surface area contributed by atoms with Crippen LogP contribution in [0.5, 0.6) is 0 Å². The van der Waals surface area contributed by atoms with E-state index in [1.165, 1.54) is 5.56 Å². The lowest BCUT2D eigenvalue weighted by Gasteiger charge is -2.06. The maximum Gasteiger partial charge on any atom is 0.228 e. The van der Waals surface area contributed by atoms with Crippen molar-refractivity contribution in [2.24, 2.45) is 0 Å². The van der Waals surface area contributed by atoms with Gasteiger partial charge in [0.2, 0.25) is 5.91 Å². The van der Waals surface area contributed by atoms with E-state index < -0.39 is 0 Å². The molecule has 0 aliphatic carbocycles. The average Bonchev–Trinajstić information content (AvgIpc) is 3.05. The second-order valence-electron chi connectivity index (χ2n) is 5.25. The molecule has 1 heterocycles. The zero-order valence-corrected chi connectivity index (χ0v) is 12.3. The molecule has 0 unspecified atom stereocenters. The number of amides is 1. The lowest BCUT2D eigenvalue weighted by Crippen LogP contribution is -2.14. The third kappa shape index (κ3) is 3.41. The second kappa shape index (κ2) is 6.26. The molecule has 0 atom stereocenters. The molecular weight excluding hydrogens is 274 g/mol. The van der Waals surface area contributed by atoms with Crippen LogP contribution in [0.15, 0.2) is 61.1 Å². The Morgan fingerprint density at radius 2 is 1.82 bits per heavy atom. The average molecular weight is 291 g/mol. The summed E-state index contributed by atoms with van der Waals surface area (Å²) in [5, 5.41) is 2.91. The molecule has 4 heteroatoms. The van der Waals surface area contributed by atoms with Gasteiger partial charge < -0.3 is 10.3 Å². The molecule has 1 aromatic heterocycles. The Morgan fingerprint density at radius 3 is 2.45 bits per heavy atom. The Hall–Kier alpha value is -2.88. The van der Waals surface area contributed by atoms with E-state index in [0.29, 0.717) is 6.42 Å². The Morgan fingerprint density at radius 1 is 1.09 bits per heavy atom. The van der Waals surface area contributed by atoms with Crippen LogP contribution in [-0.4, -0.2) is 15.9 Å². The number of hydrogen-bond acceptors (Lipinski definition) is 2. The van der Waals surface area contributed by atoms with Crippen molar-refractivity contribution in [2.45, 2.75) is 13.3 Å². The summed E-state index contributed by atoms with van der Waals surface area (Å²) in [6.07, 6.45) is 3.79. The summed E-state index contributed by atoms with van der Waals surface area (Å²) in [5.74, 6) is -0.0156. The van der Waals surface area contributed by atoms with E-state index in [0.717, 1.165) is 22.5 Å². The summed E-state index contributed by atoms with van der Waals surface area (Å²) >= 11 is 0. The molecule has 0 saturated carbocycles. The Kier molecular flexibility index (Phi) is 4.01. The summed E-state index contributed by atoms with van der Waals surface area (Å²) in [6.45, 7) is 2.03. The van der Waals surface area contributed by atoms with Crippen LogP contribution in [0.25, 0.3) is 11.3 Å². The van der Waals surface area contributed by atoms with Gasteiger partial charge in [0, 0.05) is 5.69 Å². The van der Waals surface area contributed by atoms with Crippen molar-refractivity contribution in [3.63, 3.8) is 0 Å². The first-order valence-electron chi connectivity index (χ1n) is 7.15. The summed E-state index contributed by atoms with van der Waals surface area (Å²) in [4.78, 5) is 19.1. The van der Waals surface area contributed by atoms with E-state index in [4.69, 9.17) is 0 Å². The number of carbonyl (C=O) groups excluding carboxylic acids is 1. The normalized spacial score (nSPS) is 10.4. The molecular formula is C18H17N3O. The molecule has 0 aliphatic rings. The number of imidazole rings is 1. The fourth-order valence-corrected chi connectivity index (χ4v) is 2.24. The van der Waals surface area contributed by atoms with E-state index in [1.54, 1.807) is 12.5 Å². The number of benzene rings is 2. The van der Waals surface area contributed by atoms with Crippen molar-refractivity contribution in [2.75, 3.05) is 5.32 Å². The minimum atomic E-state index is -0.0156. The molecule has 110 valence electrons. The molecule has 2 N–H and O–H groups in total. The third-order valence-corrected chi connectivity index (χ3v) is 3.46. The quantitative estimate of drug-likeness (QED) is 0.772. The van der Waals surface area contributed by atoms with E-state index in [1.807, 2.05) is 55.5 Å². The molecule has 0 radical (unpaired) electrons. The molecule has 0 aliphatic heterocycles. The summed E-state index contributed by atoms with van der Waals surface area (Å²) in [5.41, 5.74) is 4.99. The highest BCUT2D eigenvalue weighted by molar-refractivity contribution is 5.92. The first-order valence-corrected chi connectivity index (χ1v) is 7.15. The number of rotatable bonds is 4. The summed E-state index contributed by atoms with van der Waals surface area (Å²) in [6, 6.07) is 15.7. The van der Waals surface area contributed by atoms with Crippen LogP contribution in [0.4, 0.5) is 5.69 Å². The van der Waals surface area contributed by atoms with Crippen molar-refractivity contribution in [3.8, 4) is 11.3 Å². The minimum absolute atomic E-state index is 0.0156. The predicted octanol–water partition coefficient (Wildman–Crippen LogP) is 3.57. The summed E-state index contributed by atoms with van der Waals surface area (Å²) < 4.78 is 0. The second-order valence-corrected chi connectivity index (χ2v) is 5.25. The molecule has 2 aromatic carbocycles. The van der Waals surface area contributed by atoms with Crippen LogP contribution in [0.1, 0.15) is 11.1 Å². The van der Waals surface area contributed by atoms with Gasteiger partial charge in [0.25, 0.3) is 0 Å². The van der Waals surface area contributed by atoms with Gasteiger partial charge in [-0.3, -0.25) is 4.79 Å². The fourth-order valence-electron chi connectivity index (χ4n) is 2.24. The molecule has 3 rings (SSSR count). The lowest BCUT2D eigenvalue weighted by atomic mass is 10.1. The number of aryl methyl sites for hydroxylation is 1. The highest BCUT2D eigenvalue weighted by Crippen LogP contribution is 2.18. The molecule has 0 bridgehead atoms. The maximum atomic E-state index is 12.1. The number of H-pyrrole nitrogens is 1. The van der Waals surface area contributed by atoms with E-state index in [-0.39, 0.29) is 5.91 Å². The molecule has 3 aromatic rings. The van der Waals surface area contributed by atoms with E-state index in [9.17, 15) is 4.79 Å². The Labute approximate surface area is 129 Å². The van der Waals surface area contributed by atoms with Crippen LogP contribution >= 0.6 is 0 Å². The van der Waals surface area contributed by atoms with Crippen LogP contribution in [0.2, 0.25) is 0 Å². The van der Waals surface area contributed by atoms with Gasteiger partial charge in [-0.1, -0.05) is 42.0 Å². The highest BCUT2D eigenvalue weighted by Gasteiger charge is 2.05. The van der Waals surface area contributed by atoms with E-state index >= 15 is 0 Å². The van der Waals surface area contributed by atoms with Gasteiger partial charge in [-0.25, -0.2) is 4.98 Å². The standard InChI is InChI=1S/C18H17N3O/c1-13-2-4-14(5-3-13)10-18(22)21-16-8-6-15(7-9-16)17-11-19-12-20-17/h2-9,11-12H,10H2,1H3,(H,19,20)(H,21,22).